The number of carbonyl (C=O) groups is 2. The fourth-order valence-electron chi connectivity index (χ4n) is 4.62. The van der Waals surface area contributed by atoms with Gasteiger partial charge in [-0.05, 0) is 76.7 Å². The first-order chi connectivity index (χ1) is 15.8. The zero-order valence-electron chi connectivity index (χ0n) is 19.7. The average molecular weight is 449 g/mol. The van der Waals surface area contributed by atoms with Crippen LogP contribution in [-0.4, -0.2) is 66.4 Å². The smallest absolute Gasteiger partial charge is 0.253 e. The number of oxazole rings is 1. The molecule has 1 aliphatic carbocycles. The van der Waals surface area contributed by atoms with E-state index in [1.165, 1.54) is 0 Å². The van der Waals surface area contributed by atoms with Gasteiger partial charge in [0.2, 0.25) is 11.8 Å². The summed E-state index contributed by atoms with van der Waals surface area (Å²) in [5, 5.41) is 3.11. The summed E-state index contributed by atoms with van der Waals surface area (Å²) in [5.74, 6) is 0.551. The molecule has 1 saturated carbocycles. The number of aromatic nitrogens is 1. The minimum atomic E-state index is -0.0450. The number of fused-ring (bicyclic) bond motifs is 1. The topological polar surface area (TPSA) is 78.7 Å². The van der Waals surface area contributed by atoms with Crippen molar-refractivity contribution in [3.8, 4) is 11.5 Å². The molecule has 0 aliphatic heterocycles. The predicted octanol–water partition coefficient (Wildman–Crippen LogP) is 3.80. The SMILES string of the molecule is CC(CN(C)C)NC(=O)[C@H]1CC[C@@H](N(C)C(=O)c2ccc(-c3nc4ccccc4o3)cc2)C1. The number of hydrogen-bond donors (Lipinski definition) is 1. The van der Waals surface area contributed by atoms with Gasteiger partial charge in [0.05, 0.1) is 0 Å². The highest BCUT2D eigenvalue weighted by Crippen LogP contribution is 2.30. The molecule has 3 atom stereocenters. The lowest BCUT2D eigenvalue weighted by atomic mass is 10.1. The number of para-hydroxylation sites is 2. The molecule has 0 saturated heterocycles. The quantitative estimate of drug-likeness (QED) is 0.595. The van der Waals surface area contributed by atoms with Crippen molar-refractivity contribution in [1.82, 2.24) is 20.1 Å². The van der Waals surface area contributed by atoms with Gasteiger partial charge in [0.1, 0.15) is 5.52 Å². The van der Waals surface area contributed by atoms with E-state index in [-0.39, 0.29) is 29.8 Å². The number of nitrogens with zero attached hydrogens (tertiary/aromatic N) is 3. The first-order valence-electron chi connectivity index (χ1n) is 11.5. The largest absolute Gasteiger partial charge is 0.436 e. The molecule has 33 heavy (non-hydrogen) atoms. The van der Waals surface area contributed by atoms with E-state index in [1.54, 1.807) is 4.90 Å². The van der Waals surface area contributed by atoms with Crippen LogP contribution in [0.2, 0.25) is 0 Å². The zero-order valence-corrected chi connectivity index (χ0v) is 19.7. The van der Waals surface area contributed by atoms with Gasteiger partial charge in [0.25, 0.3) is 5.91 Å². The first-order valence-corrected chi connectivity index (χ1v) is 11.5. The van der Waals surface area contributed by atoms with Crippen molar-refractivity contribution in [3.05, 3.63) is 54.1 Å². The van der Waals surface area contributed by atoms with Gasteiger partial charge in [0, 0.05) is 42.7 Å². The number of benzene rings is 2. The summed E-state index contributed by atoms with van der Waals surface area (Å²) >= 11 is 0. The van der Waals surface area contributed by atoms with Gasteiger partial charge in [-0.25, -0.2) is 4.98 Å². The second-order valence-electron chi connectivity index (χ2n) is 9.32. The lowest BCUT2D eigenvalue weighted by Gasteiger charge is -2.25. The highest BCUT2D eigenvalue weighted by atomic mass is 16.3. The van der Waals surface area contributed by atoms with Gasteiger partial charge < -0.3 is 19.5 Å². The molecule has 0 bridgehead atoms. The number of hydrogen-bond acceptors (Lipinski definition) is 5. The molecule has 1 N–H and O–H groups in total. The van der Waals surface area contributed by atoms with Crippen LogP contribution in [0.4, 0.5) is 0 Å². The van der Waals surface area contributed by atoms with E-state index in [4.69, 9.17) is 4.42 Å². The third-order valence-electron chi connectivity index (χ3n) is 6.34. The molecule has 0 spiro atoms. The molecule has 174 valence electrons. The van der Waals surface area contributed by atoms with Gasteiger partial charge in [0.15, 0.2) is 5.58 Å². The van der Waals surface area contributed by atoms with Crippen molar-refractivity contribution in [1.29, 1.82) is 0 Å². The molecule has 7 heteroatoms. The monoisotopic (exact) mass is 448 g/mol. The molecule has 2 amide bonds. The Balaban J connectivity index is 1.36. The second kappa shape index (κ2) is 9.75. The molecule has 1 aliphatic rings. The molecule has 0 radical (unpaired) electrons. The van der Waals surface area contributed by atoms with Crippen LogP contribution in [0.1, 0.15) is 36.5 Å². The number of amides is 2. The maximum atomic E-state index is 13.1. The molecular weight excluding hydrogens is 416 g/mol. The summed E-state index contributed by atoms with van der Waals surface area (Å²) in [5.41, 5.74) is 2.99. The number of nitrogens with one attached hydrogen (secondary N) is 1. The summed E-state index contributed by atoms with van der Waals surface area (Å²) in [6.07, 6.45) is 2.34. The Hall–Kier alpha value is -3.19. The summed E-state index contributed by atoms with van der Waals surface area (Å²) in [4.78, 5) is 34.1. The van der Waals surface area contributed by atoms with Crippen LogP contribution in [0.15, 0.2) is 52.9 Å². The van der Waals surface area contributed by atoms with Gasteiger partial charge >= 0.3 is 0 Å². The lowest BCUT2D eigenvalue weighted by molar-refractivity contribution is -0.125. The van der Waals surface area contributed by atoms with Crippen LogP contribution in [-0.2, 0) is 4.79 Å². The molecular formula is C26H32N4O3. The van der Waals surface area contributed by atoms with Gasteiger partial charge in [-0.1, -0.05) is 12.1 Å². The van der Waals surface area contributed by atoms with Crippen LogP contribution in [0, 0.1) is 5.92 Å². The Morgan fingerprint density at radius 1 is 1.09 bits per heavy atom. The molecule has 1 aromatic heterocycles. The number of likely N-dealkylation sites (N-methyl/N-ethyl adjacent to an activating group) is 1. The molecule has 1 fully saturated rings. The van der Waals surface area contributed by atoms with E-state index in [0.717, 1.165) is 36.0 Å². The highest BCUT2D eigenvalue weighted by molar-refractivity contribution is 5.95. The van der Waals surface area contributed by atoms with Crippen LogP contribution in [0.3, 0.4) is 0 Å². The Morgan fingerprint density at radius 3 is 2.52 bits per heavy atom. The first kappa shape index (κ1) is 23.0. The standard InChI is InChI=1S/C26H32N4O3/c1-17(16-29(2)3)27-24(31)20-13-14-21(15-20)30(4)26(32)19-11-9-18(10-12-19)25-28-22-7-5-6-8-23(22)33-25/h5-12,17,20-21H,13-16H2,1-4H3,(H,27,31)/t17?,20-,21+/m0/s1. The van der Waals surface area contributed by atoms with E-state index in [1.807, 2.05) is 76.6 Å². The second-order valence-corrected chi connectivity index (χ2v) is 9.32. The normalized spacial score (nSPS) is 19.1. The maximum Gasteiger partial charge on any atom is 0.253 e. The minimum absolute atomic E-state index is 0.0360. The minimum Gasteiger partial charge on any atom is -0.436 e. The fraction of sp³-hybridized carbons (Fsp3) is 0.423. The molecule has 3 aromatic rings. The number of rotatable bonds is 7. The molecule has 2 aromatic carbocycles. The number of carbonyl (C=O) groups excluding carboxylic acids is 2. The van der Waals surface area contributed by atoms with Crippen molar-refractivity contribution in [2.75, 3.05) is 27.7 Å². The summed E-state index contributed by atoms with van der Waals surface area (Å²) in [7, 11) is 5.82. The molecule has 4 rings (SSSR count). The fourth-order valence-corrected chi connectivity index (χ4v) is 4.62. The highest BCUT2D eigenvalue weighted by Gasteiger charge is 2.34. The van der Waals surface area contributed by atoms with Crippen LogP contribution < -0.4 is 5.32 Å². The Morgan fingerprint density at radius 2 is 1.82 bits per heavy atom. The van der Waals surface area contributed by atoms with Crippen molar-refractivity contribution in [2.45, 2.75) is 38.3 Å². The van der Waals surface area contributed by atoms with Gasteiger partial charge in [-0.2, -0.15) is 0 Å². The van der Waals surface area contributed by atoms with E-state index in [0.29, 0.717) is 17.9 Å². The van der Waals surface area contributed by atoms with Gasteiger partial charge in [-0.3, -0.25) is 9.59 Å². The summed E-state index contributed by atoms with van der Waals surface area (Å²) in [6, 6.07) is 15.1. The Kier molecular flexibility index (Phi) is 6.79. The summed E-state index contributed by atoms with van der Waals surface area (Å²) in [6.45, 7) is 2.82. The maximum absolute atomic E-state index is 13.1. The van der Waals surface area contributed by atoms with Crippen molar-refractivity contribution in [2.24, 2.45) is 5.92 Å². The third-order valence-corrected chi connectivity index (χ3v) is 6.34. The Bertz CT molecular complexity index is 1090. The van der Waals surface area contributed by atoms with Crippen molar-refractivity contribution >= 4 is 22.9 Å². The van der Waals surface area contributed by atoms with E-state index < -0.39 is 0 Å². The molecule has 1 heterocycles. The van der Waals surface area contributed by atoms with Crippen LogP contribution >= 0.6 is 0 Å². The van der Waals surface area contributed by atoms with E-state index in [9.17, 15) is 9.59 Å². The van der Waals surface area contributed by atoms with Crippen LogP contribution in [0.25, 0.3) is 22.6 Å². The third kappa shape index (κ3) is 5.25. The van der Waals surface area contributed by atoms with E-state index >= 15 is 0 Å². The zero-order chi connectivity index (χ0) is 23.5. The summed E-state index contributed by atoms with van der Waals surface area (Å²) < 4.78 is 5.82. The lowest BCUT2D eigenvalue weighted by Crippen LogP contribution is -2.42. The average Bonchev–Trinajstić information content (AvgIpc) is 3.45. The van der Waals surface area contributed by atoms with Gasteiger partial charge in [-0.15, -0.1) is 0 Å². The predicted molar refractivity (Wildman–Crippen MR) is 129 cm³/mol. The van der Waals surface area contributed by atoms with Crippen molar-refractivity contribution in [3.63, 3.8) is 0 Å². The van der Waals surface area contributed by atoms with E-state index in [2.05, 4.69) is 15.2 Å². The Labute approximate surface area is 194 Å². The molecule has 7 nitrogen and oxygen atoms in total. The van der Waals surface area contributed by atoms with Crippen molar-refractivity contribution < 1.29 is 14.0 Å². The molecule has 1 unspecified atom stereocenters. The van der Waals surface area contributed by atoms with Crippen LogP contribution in [0.5, 0.6) is 0 Å².